The lowest BCUT2D eigenvalue weighted by Gasteiger charge is -2.30. The molecule has 1 N–H and O–H groups in total. The fourth-order valence-corrected chi connectivity index (χ4v) is 4.39. The van der Waals surface area contributed by atoms with Gasteiger partial charge in [0.2, 0.25) is 0 Å². The maximum absolute atomic E-state index is 4.52. The first-order valence-electron chi connectivity index (χ1n) is 14.0. The Hall–Kier alpha value is -1.80. The summed E-state index contributed by atoms with van der Waals surface area (Å²) in [5.74, 6) is 0.983. The van der Waals surface area contributed by atoms with Gasteiger partial charge in [0.05, 0.1) is 0 Å². The van der Waals surface area contributed by atoms with E-state index in [1.165, 1.54) is 40.8 Å². The molecule has 0 amide bonds. The molecule has 0 saturated heterocycles. The van der Waals surface area contributed by atoms with Crippen molar-refractivity contribution < 1.29 is 0 Å². The lowest BCUT2D eigenvalue weighted by molar-refractivity contribution is 0.311. The first-order valence-corrected chi connectivity index (χ1v) is 14.0. The Kier molecular flexibility index (Phi) is 18.4. The van der Waals surface area contributed by atoms with E-state index >= 15 is 0 Å². The number of allylic oxidation sites excluding steroid dienone is 9. The third-order valence-electron chi connectivity index (χ3n) is 7.28. The van der Waals surface area contributed by atoms with Crippen LogP contribution in [0.15, 0.2) is 71.0 Å². The minimum atomic E-state index is 0.365. The van der Waals surface area contributed by atoms with Gasteiger partial charge in [-0.3, -0.25) is 0 Å². The van der Waals surface area contributed by atoms with Crippen LogP contribution in [0.1, 0.15) is 101 Å². The first-order chi connectivity index (χ1) is 16.6. The van der Waals surface area contributed by atoms with Gasteiger partial charge in [0, 0.05) is 30.7 Å². The second kappa shape index (κ2) is 19.4. The van der Waals surface area contributed by atoms with E-state index in [1.54, 1.807) is 0 Å². The largest absolute Gasteiger partial charge is 0.375 e. The number of nitrogens with zero attached hydrogens (tertiary/aromatic N) is 1. The molecule has 0 radical (unpaired) electrons. The normalized spacial score (nSPS) is 16.5. The molecule has 0 aliphatic carbocycles. The third kappa shape index (κ3) is 14.4. The average molecular weight is 483 g/mol. The predicted octanol–water partition coefficient (Wildman–Crippen LogP) is 9.40. The number of hydrogen-bond donors (Lipinski definition) is 1. The molecule has 2 heteroatoms. The second-order valence-corrected chi connectivity index (χ2v) is 10.3. The van der Waals surface area contributed by atoms with Gasteiger partial charge < -0.3 is 10.2 Å². The quantitative estimate of drug-likeness (QED) is 0.155. The summed E-state index contributed by atoms with van der Waals surface area (Å²) in [6.07, 6.45) is 20.5. The minimum Gasteiger partial charge on any atom is -0.375 e. The van der Waals surface area contributed by atoms with E-state index in [2.05, 4.69) is 116 Å². The van der Waals surface area contributed by atoms with Crippen molar-refractivity contribution in [3.05, 3.63) is 71.0 Å². The summed E-state index contributed by atoms with van der Waals surface area (Å²) in [7, 11) is 2.03. The van der Waals surface area contributed by atoms with Crippen LogP contribution in [-0.2, 0) is 0 Å². The van der Waals surface area contributed by atoms with E-state index in [4.69, 9.17) is 0 Å². The van der Waals surface area contributed by atoms with Crippen molar-refractivity contribution >= 4 is 0 Å². The number of hydrogen-bond acceptors (Lipinski definition) is 2. The molecular weight excluding hydrogens is 424 g/mol. The highest BCUT2D eigenvalue weighted by atomic mass is 15.1. The van der Waals surface area contributed by atoms with E-state index in [0.717, 1.165) is 38.8 Å². The van der Waals surface area contributed by atoms with Crippen LogP contribution in [0.3, 0.4) is 0 Å². The Balaban J connectivity index is 5.14. The van der Waals surface area contributed by atoms with Gasteiger partial charge in [-0.25, -0.2) is 0 Å². The Morgan fingerprint density at radius 1 is 1.00 bits per heavy atom. The van der Waals surface area contributed by atoms with Crippen LogP contribution >= 0.6 is 0 Å². The topological polar surface area (TPSA) is 15.3 Å². The van der Waals surface area contributed by atoms with Crippen LogP contribution in [0.4, 0.5) is 0 Å². The molecule has 0 rings (SSSR count). The standard InChI is InChI=1S/C33H58N2/c1-12-16-17-26(5)18-20-28(7)33(14-3)22-23-35(15-4)31(10)29(8)25-32(13-2)21-19-27(6)24-30(9)34-11/h12,16,18-20,25,29-30,33-34H,10,13-15,17,21-24H2,1-9,11H3/b16-12-,26-18-,27-19+,28-20+,32-25+. The molecule has 0 fully saturated rings. The van der Waals surface area contributed by atoms with E-state index in [1.807, 2.05) is 7.05 Å². The molecule has 3 atom stereocenters. The molecule has 0 aromatic heterocycles. The summed E-state index contributed by atoms with van der Waals surface area (Å²) in [5.41, 5.74) is 7.13. The summed E-state index contributed by atoms with van der Waals surface area (Å²) in [4.78, 5) is 2.49. The molecule has 2 nitrogen and oxygen atoms in total. The van der Waals surface area contributed by atoms with Gasteiger partial charge >= 0.3 is 0 Å². The van der Waals surface area contributed by atoms with E-state index < -0.39 is 0 Å². The zero-order valence-corrected chi connectivity index (χ0v) is 25.0. The molecule has 35 heavy (non-hydrogen) atoms. The zero-order valence-electron chi connectivity index (χ0n) is 25.0. The lowest BCUT2D eigenvalue weighted by atomic mass is 9.92. The highest BCUT2D eigenvalue weighted by Crippen LogP contribution is 2.24. The van der Waals surface area contributed by atoms with Crippen LogP contribution in [0.25, 0.3) is 0 Å². The summed E-state index contributed by atoms with van der Waals surface area (Å²) >= 11 is 0. The average Bonchev–Trinajstić information content (AvgIpc) is 2.85. The van der Waals surface area contributed by atoms with E-state index in [0.29, 0.717) is 17.9 Å². The highest BCUT2D eigenvalue weighted by Gasteiger charge is 2.15. The van der Waals surface area contributed by atoms with Crippen molar-refractivity contribution in [1.82, 2.24) is 10.2 Å². The summed E-state index contributed by atoms with van der Waals surface area (Å²) in [5, 5.41) is 3.33. The van der Waals surface area contributed by atoms with Gasteiger partial charge in [0.25, 0.3) is 0 Å². The van der Waals surface area contributed by atoms with Crippen molar-refractivity contribution in [2.75, 3.05) is 20.1 Å². The predicted molar refractivity (Wildman–Crippen MR) is 161 cm³/mol. The van der Waals surface area contributed by atoms with Crippen LogP contribution in [0.5, 0.6) is 0 Å². The SMILES string of the molecule is C=C(C(C)/C=C(\CC)C/C=C(\C)CC(C)NC)N(CC)CCC(CC)/C(C)=C/C=C(/C)C/C=C\C. The zero-order chi connectivity index (χ0) is 26.8. The maximum Gasteiger partial charge on any atom is 0.0180 e. The Labute approximate surface area is 220 Å². The van der Waals surface area contributed by atoms with Gasteiger partial charge in [-0.1, -0.05) is 86.1 Å². The minimum absolute atomic E-state index is 0.365. The maximum atomic E-state index is 4.52. The molecule has 3 unspecified atom stereocenters. The van der Waals surface area contributed by atoms with Crippen molar-refractivity contribution in [2.45, 2.75) is 107 Å². The van der Waals surface area contributed by atoms with Gasteiger partial charge in [-0.15, -0.1) is 0 Å². The Bertz CT molecular complexity index is 747. The van der Waals surface area contributed by atoms with Crippen molar-refractivity contribution in [1.29, 1.82) is 0 Å². The van der Waals surface area contributed by atoms with Crippen LogP contribution in [-0.4, -0.2) is 31.1 Å². The molecule has 0 saturated carbocycles. The summed E-state index contributed by atoms with van der Waals surface area (Å²) < 4.78 is 0. The number of nitrogens with one attached hydrogen (secondary N) is 1. The molecule has 0 bridgehead atoms. The van der Waals surface area contributed by atoms with E-state index in [-0.39, 0.29) is 0 Å². The fraction of sp³-hybridized carbons (Fsp3) is 0.636. The molecule has 0 spiro atoms. The van der Waals surface area contributed by atoms with E-state index in [9.17, 15) is 0 Å². The Morgan fingerprint density at radius 3 is 2.23 bits per heavy atom. The van der Waals surface area contributed by atoms with Crippen LogP contribution < -0.4 is 5.32 Å². The van der Waals surface area contributed by atoms with Gasteiger partial charge in [0.1, 0.15) is 0 Å². The van der Waals surface area contributed by atoms with Crippen molar-refractivity contribution in [2.24, 2.45) is 11.8 Å². The van der Waals surface area contributed by atoms with Crippen molar-refractivity contribution in [3.8, 4) is 0 Å². The number of rotatable bonds is 18. The van der Waals surface area contributed by atoms with Gasteiger partial charge in [0.15, 0.2) is 0 Å². The fourth-order valence-electron chi connectivity index (χ4n) is 4.39. The molecule has 0 aromatic carbocycles. The molecule has 0 aliphatic rings. The first kappa shape index (κ1) is 33.2. The highest BCUT2D eigenvalue weighted by molar-refractivity contribution is 5.19. The smallest absolute Gasteiger partial charge is 0.0180 e. The van der Waals surface area contributed by atoms with Crippen molar-refractivity contribution in [3.63, 3.8) is 0 Å². The molecule has 0 aromatic rings. The molecule has 0 aliphatic heterocycles. The monoisotopic (exact) mass is 482 g/mol. The third-order valence-corrected chi connectivity index (χ3v) is 7.28. The van der Waals surface area contributed by atoms with Gasteiger partial charge in [-0.05, 0) is 93.0 Å². The molecule has 200 valence electrons. The molecular formula is C33H58N2. The van der Waals surface area contributed by atoms with Crippen LogP contribution in [0.2, 0.25) is 0 Å². The molecule has 0 heterocycles. The Morgan fingerprint density at radius 2 is 1.69 bits per heavy atom. The lowest BCUT2D eigenvalue weighted by Crippen LogP contribution is -2.28. The summed E-state index contributed by atoms with van der Waals surface area (Å²) in [6.45, 7) is 26.8. The second-order valence-electron chi connectivity index (χ2n) is 10.3. The van der Waals surface area contributed by atoms with Crippen LogP contribution in [0, 0.1) is 11.8 Å². The summed E-state index contributed by atoms with van der Waals surface area (Å²) in [6, 6.07) is 0.529. The van der Waals surface area contributed by atoms with Gasteiger partial charge in [-0.2, -0.15) is 0 Å².